The zero-order chi connectivity index (χ0) is 19.1. The van der Waals surface area contributed by atoms with Gasteiger partial charge in [0, 0.05) is 63.4 Å². The minimum atomic E-state index is 0.0867. The number of imidazole rings is 1. The van der Waals surface area contributed by atoms with Crippen LogP contribution in [0.2, 0.25) is 0 Å². The summed E-state index contributed by atoms with van der Waals surface area (Å²) in [6.07, 6.45) is 9.79. The van der Waals surface area contributed by atoms with Crippen LogP contribution >= 0.6 is 0 Å². The van der Waals surface area contributed by atoms with Crippen molar-refractivity contribution < 1.29 is 9.53 Å². The number of methoxy groups -OCH3 is 1. The average molecular weight is 372 g/mol. The van der Waals surface area contributed by atoms with Gasteiger partial charge in [0.05, 0.1) is 0 Å². The van der Waals surface area contributed by atoms with Crippen LogP contribution < -0.4 is 10.2 Å². The number of aryl methyl sites for hydroxylation is 1. The molecule has 0 aliphatic carbocycles. The van der Waals surface area contributed by atoms with Crippen LogP contribution in [-0.4, -0.2) is 58.3 Å². The maximum atomic E-state index is 12.3. The third kappa shape index (κ3) is 5.26. The Hall–Kier alpha value is -2.48. The van der Waals surface area contributed by atoms with Crippen LogP contribution in [0.4, 0.5) is 5.82 Å². The van der Waals surface area contributed by atoms with Crippen molar-refractivity contribution in [3.05, 3.63) is 30.5 Å². The van der Waals surface area contributed by atoms with Gasteiger partial charge in [-0.25, -0.2) is 9.97 Å². The first kappa shape index (κ1) is 19.3. The minimum Gasteiger partial charge on any atom is -0.385 e. The van der Waals surface area contributed by atoms with E-state index >= 15 is 0 Å². The van der Waals surface area contributed by atoms with Gasteiger partial charge < -0.3 is 15.0 Å². The lowest BCUT2D eigenvalue weighted by Gasteiger charge is -2.36. The monoisotopic (exact) mass is 372 g/mol. The molecule has 1 amide bonds. The molecule has 27 heavy (non-hydrogen) atoms. The molecule has 1 fully saturated rings. The number of hydrogen-bond acceptors (Lipinski definition) is 6. The van der Waals surface area contributed by atoms with Crippen LogP contribution in [0.15, 0.2) is 24.8 Å². The fraction of sp³-hybridized carbons (Fsp3) is 0.579. The van der Waals surface area contributed by atoms with Crippen LogP contribution in [0.5, 0.6) is 0 Å². The molecule has 0 saturated carbocycles. The molecule has 3 heterocycles. The predicted molar refractivity (Wildman–Crippen MR) is 103 cm³/mol. The molecule has 1 aliphatic rings. The lowest BCUT2D eigenvalue weighted by molar-refractivity contribution is -0.121. The number of hydrogen-bond donors (Lipinski definition) is 1. The quantitative estimate of drug-likeness (QED) is 0.712. The molecule has 0 spiro atoms. The van der Waals surface area contributed by atoms with E-state index in [9.17, 15) is 4.79 Å². The average Bonchev–Trinajstić information content (AvgIpc) is 3.20. The number of nitrogens with one attached hydrogen (secondary N) is 1. The van der Waals surface area contributed by atoms with Gasteiger partial charge in [-0.1, -0.05) is 0 Å². The Morgan fingerprint density at radius 3 is 3.04 bits per heavy atom. The Bertz CT molecular complexity index is 734. The van der Waals surface area contributed by atoms with Crippen molar-refractivity contribution in [2.24, 2.45) is 0 Å². The topological polar surface area (TPSA) is 85.2 Å². The number of aromatic nitrogens is 4. The van der Waals surface area contributed by atoms with Crippen molar-refractivity contribution >= 4 is 11.7 Å². The van der Waals surface area contributed by atoms with Gasteiger partial charge in [-0.05, 0) is 32.6 Å². The van der Waals surface area contributed by atoms with E-state index in [1.54, 1.807) is 24.2 Å². The Morgan fingerprint density at radius 1 is 1.37 bits per heavy atom. The number of rotatable bonds is 8. The number of ether oxygens (including phenoxy) is 1. The van der Waals surface area contributed by atoms with Gasteiger partial charge in [0.25, 0.3) is 0 Å². The summed E-state index contributed by atoms with van der Waals surface area (Å²) in [4.78, 5) is 27.9. The SMILES string of the molecule is COCCCNC(=O)CC1CCCCN1c1cc(C)nc(-n2ccnc2)n1. The summed E-state index contributed by atoms with van der Waals surface area (Å²) in [5.74, 6) is 1.57. The molecule has 0 radical (unpaired) electrons. The van der Waals surface area contributed by atoms with E-state index in [2.05, 4.69) is 20.2 Å². The van der Waals surface area contributed by atoms with Crippen molar-refractivity contribution in [2.45, 2.75) is 45.1 Å². The highest BCUT2D eigenvalue weighted by atomic mass is 16.5. The molecule has 0 aromatic carbocycles. The largest absolute Gasteiger partial charge is 0.385 e. The zero-order valence-electron chi connectivity index (χ0n) is 16.1. The first-order valence-electron chi connectivity index (χ1n) is 9.53. The molecule has 1 aliphatic heterocycles. The Balaban J connectivity index is 1.71. The van der Waals surface area contributed by atoms with Crippen molar-refractivity contribution in [3.8, 4) is 5.95 Å². The summed E-state index contributed by atoms with van der Waals surface area (Å²) in [6.45, 7) is 4.18. The molecule has 2 aromatic heterocycles. The highest BCUT2D eigenvalue weighted by molar-refractivity contribution is 5.77. The minimum absolute atomic E-state index is 0.0867. The van der Waals surface area contributed by atoms with E-state index in [-0.39, 0.29) is 11.9 Å². The summed E-state index contributed by atoms with van der Waals surface area (Å²) in [7, 11) is 1.67. The van der Waals surface area contributed by atoms with E-state index in [0.717, 1.165) is 43.7 Å². The fourth-order valence-electron chi connectivity index (χ4n) is 3.42. The standard InChI is InChI=1S/C19H28N6O2/c1-15-12-17(23-19(22-15)24-10-8-20-14-24)25-9-4-3-6-16(25)13-18(26)21-7-5-11-27-2/h8,10,12,14,16H,3-7,9,11,13H2,1-2H3,(H,21,26). The number of carbonyl (C=O) groups is 1. The molecular weight excluding hydrogens is 344 g/mol. The highest BCUT2D eigenvalue weighted by Crippen LogP contribution is 2.26. The third-order valence-electron chi connectivity index (χ3n) is 4.75. The van der Waals surface area contributed by atoms with Crippen LogP contribution in [-0.2, 0) is 9.53 Å². The first-order valence-corrected chi connectivity index (χ1v) is 9.53. The summed E-state index contributed by atoms with van der Waals surface area (Å²) in [5, 5.41) is 2.99. The smallest absolute Gasteiger partial charge is 0.237 e. The second-order valence-electron chi connectivity index (χ2n) is 6.88. The number of piperidine rings is 1. The normalized spacial score (nSPS) is 17.1. The van der Waals surface area contributed by atoms with Crippen LogP contribution in [0, 0.1) is 6.92 Å². The van der Waals surface area contributed by atoms with Gasteiger partial charge in [0.2, 0.25) is 11.9 Å². The third-order valence-corrected chi connectivity index (χ3v) is 4.75. The first-order chi connectivity index (χ1) is 13.2. The van der Waals surface area contributed by atoms with Crippen molar-refractivity contribution in [3.63, 3.8) is 0 Å². The molecule has 8 nitrogen and oxygen atoms in total. The highest BCUT2D eigenvalue weighted by Gasteiger charge is 2.26. The van der Waals surface area contributed by atoms with Gasteiger partial charge in [-0.15, -0.1) is 0 Å². The summed E-state index contributed by atoms with van der Waals surface area (Å²) in [6, 6.07) is 2.15. The number of anilines is 1. The van der Waals surface area contributed by atoms with Crippen molar-refractivity contribution in [2.75, 3.05) is 31.7 Å². The molecular formula is C19H28N6O2. The van der Waals surface area contributed by atoms with Gasteiger partial charge in [0.1, 0.15) is 12.1 Å². The second-order valence-corrected chi connectivity index (χ2v) is 6.88. The lowest BCUT2D eigenvalue weighted by Crippen LogP contribution is -2.43. The summed E-state index contributed by atoms with van der Waals surface area (Å²) in [5.41, 5.74) is 0.900. The number of amides is 1. The van der Waals surface area contributed by atoms with E-state index in [0.29, 0.717) is 25.5 Å². The Morgan fingerprint density at radius 2 is 2.26 bits per heavy atom. The number of carbonyl (C=O) groups excluding carboxylic acids is 1. The van der Waals surface area contributed by atoms with Crippen LogP contribution in [0.1, 0.15) is 37.8 Å². The molecule has 1 saturated heterocycles. The van der Waals surface area contributed by atoms with Gasteiger partial charge in [-0.3, -0.25) is 9.36 Å². The Kier molecular flexibility index (Phi) is 6.75. The molecule has 3 rings (SSSR count). The van der Waals surface area contributed by atoms with E-state index < -0.39 is 0 Å². The molecule has 0 bridgehead atoms. The Labute approximate surface area is 160 Å². The van der Waals surface area contributed by atoms with Gasteiger partial charge in [-0.2, -0.15) is 4.98 Å². The zero-order valence-corrected chi connectivity index (χ0v) is 16.1. The molecule has 2 aromatic rings. The molecule has 1 atom stereocenters. The van der Waals surface area contributed by atoms with Crippen LogP contribution in [0.25, 0.3) is 5.95 Å². The second kappa shape index (κ2) is 9.45. The van der Waals surface area contributed by atoms with E-state index in [4.69, 9.17) is 9.72 Å². The molecule has 146 valence electrons. The predicted octanol–water partition coefficient (Wildman–Crippen LogP) is 1.87. The molecule has 1 unspecified atom stereocenters. The van der Waals surface area contributed by atoms with E-state index in [1.165, 1.54) is 0 Å². The maximum Gasteiger partial charge on any atom is 0.237 e. The fourth-order valence-corrected chi connectivity index (χ4v) is 3.42. The maximum absolute atomic E-state index is 12.3. The number of nitrogens with zero attached hydrogens (tertiary/aromatic N) is 5. The lowest BCUT2D eigenvalue weighted by atomic mass is 9.99. The van der Waals surface area contributed by atoms with Crippen LogP contribution in [0.3, 0.4) is 0 Å². The van der Waals surface area contributed by atoms with Gasteiger partial charge >= 0.3 is 0 Å². The molecule has 8 heteroatoms. The van der Waals surface area contributed by atoms with Crippen molar-refractivity contribution in [1.29, 1.82) is 0 Å². The summed E-state index contributed by atoms with van der Waals surface area (Å²) >= 11 is 0. The van der Waals surface area contributed by atoms with E-state index in [1.807, 2.05) is 19.2 Å². The van der Waals surface area contributed by atoms with Crippen molar-refractivity contribution in [1.82, 2.24) is 24.8 Å². The summed E-state index contributed by atoms with van der Waals surface area (Å²) < 4.78 is 6.82. The van der Waals surface area contributed by atoms with Gasteiger partial charge in [0.15, 0.2) is 0 Å². The molecule has 1 N–H and O–H groups in total.